The number of aliphatic hydroxyl groups is 1. The largest absolute Gasteiger partial charge is 0.490 e. The molecule has 0 amide bonds. The third-order valence-corrected chi connectivity index (χ3v) is 4.74. The number of hydrogen-bond acceptors (Lipinski definition) is 4. The lowest BCUT2D eigenvalue weighted by Gasteiger charge is -2.24. The first kappa shape index (κ1) is 15.7. The van der Waals surface area contributed by atoms with Gasteiger partial charge < -0.3 is 15.2 Å². The van der Waals surface area contributed by atoms with Gasteiger partial charge in [0.15, 0.2) is 0 Å². The second-order valence-corrected chi connectivity index (χ2v) is 6.71. The number of nitrogens with one attached hydrogen (secondary N) is 1. The molecule has 0 radical (unpaired) electrons. The summed E-state index contributed by atoms with van der Waals surface area (Å²) < 4.78 is 5.78. The number of para-hydroxylation sites is 1. The SMILES string of the molecule is Cc1cccc(C)c1OCC(O)CNC1CCSCC1. The molecule has 1 heterocycles. The lowest BCUT2D eigenvalue weighted by atomic mass is 10.1. The van der Waals surface area contributed by atoms with Crippen molar-refractivity contribution < 1.29 is 9.84 Å². The van der Waals surface area contributed by atoms with Gasteiger partial charge in [-0.1, -0.05) is 18.2 Å². The first-order valence-corrected chi connectivity index (χ1v) is 8.50. The zero-order chi connectivity index (χ0) is 14.4. The van der Waals surface area contributed by atoms with Gasteiger partial charge in [0.1, 0.15) is 18.5 Å². The van der Waals surface area contributed by atoms with E-state index < -0.39 is 6.10 Å². The molecule has 112 valence electrons. The van der Waals surface area contributed by atoms with E-state index in [1.807, 2.05) is 43.8 Å². The molecule has 1 aromatic carbocycles. The molecule has 0 aliphatic carbocycles. The standard InChI is InChI=1S/C16H25NO2S/c1-12-4-3-5-13(2)16(12)19-11-15(18)10-17-14-6-8-20-9-7-14/h3-5,14-15,17-18H,6-11H2,1-2H3. The van der Waals surface area contributed by atoms with E-state index in [-0.39, 0.29) is 0 Å². The van der Waals surface area contributed by atoms with E-state index in [2.05, 4.69) is 5.32 Å². The number of thioether (sulfide) groups is 1. The van der Waals surface area contributed by atoms with E-state index in [1.54, 1.807) is 0 Å². The van der Waals surface area contributed by atoms with Crippen LogP contribution in [0.3, 0.4) is 0 Å². The van der Waals surface area contributed by atoms with Gasteiger partial charge in [-0.3, -0.25) is 0 Å². The van der Waals surface area contributed by atoms with E-state index in [0.29, 0.717) is 19.2 Å². The Labute approximate surface area is 126 Å². The number of ether oxygens (including phenoxy) is 1. The van der Waals surface area contributed by atoms with Gasteiger partial charge in [-0.25, -0.2) is 0 Å². The molecule has 0 bridgehead atoms. The third-order valence-electron chi connectivity index (χ3n) is 3.69. The van der Waals surface area contributed by atoms with Gasteiger partial charge >= 0.3 is 0 Å². The fourth-order valence-electron chi connectivity index (χ4n) is 2.47. The number of hydrogen-bond donors (Lipinski definition) is 2. The maximum atomic E-state index is 10.0. The Morgan fingerprint density at radius 2 is 1.95 bits per heavy atom. The minimum atomic E-state index is -0.455. The Morgan fingerprint density at radius 1 is 1.30 bits per heavy atom. The van der Waals surface area contributed by atoms with Crippen molar-refractivity contribution in [2.24, 2.45) is 0 Å². The fraction of sp³-hybridized carbons (Fsp3) is 0.625. The molecule has 1 unspecified atom stereocenters. The normalized spacial score (nSPS) is 17.9. The summed E-state index contributed by atoms with van der Waals surface area (Å²) in [5, 5.41) is 13.5. The van der Waals surface area contributed by atoms with E-state index in [4.69, 9.17) is 4.74 Å². The summed E-state index contributed by atoms with van der Waals surface area (Å²) in [4.78, 5) is 0. The minimum absolute atomic E-state index is 0.347. The average Bonchev–Trinajstić information content (AvgIpc) is 2.46. The van der Waals surface area contributed by atoms with Crippen LogP contribution >= 0.6 is 11.8 Å². The van der Waals surface area contributed by atoms with Crippen molar-refractivity contribution in [3.8, 4) is 5.75 Å². The summed E-state index contributed by atoms with van der Waals surface area (Å²) in [7, 11) is 0. The second-order valence-electron chi connectivity index (χ2n) is 5.48. The van der Waals surface area contributed by atoms with Gasteiger partial charge in [-0.2, -0.15) is 11.8 Å². The Balaban J connectivity index is 1.73. The zero-order valence-electron chi connectivity index (χ0n) is 12.4. The Hall–Kier alpha value is -0.710. The summed E-state index contributed by atoms with van der Waals surface area (Å²) in [5.41, 5.74) is 2.24. The highest BCUT2D eigenvalue weighted by atomic mass is 32.2. The van der Waals surface area contributed by atoms with Crippen LogP contribution in [0.1, 0.15) is 24.0 Å². The van der Waals surface area contributed by atoms with Crippen LogP contribution in [0, 0.1) is 13.8 Å². The monoisotopic (exact) mass is 295 g/mol. The van der Waals surface area contributed by atoms with Gasteiger partial charge in [0.2, 0.25) is 0 Å². The lowest BCUT2D eigenvalue weighted by Crippen LogP contribution is -2.39. The van der Waals surface area contributed by atoms with Crippen molar-refractivity contribution in [3.05, 3.63) is 29.3 Å². The Morgan fingerprint density at radius 3 is 2.60 bits per heavy atom. The first-order chi connectivity index (χ1) is 9.66. The molecule has 1 atom stereocenters. The van der Waals surface area contributed by atoms with E-state index >= 15 is 0 Å². The third kappa shape index (κ3) is 4.69. The van der Waals surface area contributed by atoms with Crippen LogP contribution < -0.4 is 10.1 Å². The molecule has 1 saturated heterocycles. The molecule has 4 heteroatoms. The highest BCUT2D eigenvalue weighted by Gasteiger charge is 2.15. The van der Waals surface area contributed by atoms with E-state index in [0.717, 1.165) is 16.9 Å². The van der Waals surface area contributed by atoms with Crippen molar-refractivity contribution in [1.29, 1.82) is 0 Å². The zero-order valence-corrected chi connectivity index (χ0v) is 13.2. The molecular formula is C16H25NO2S. The molecule has 1 aliphatic heterocycles. The van der Waals surface area contributed by atoms with Crippen molar-refractivity contribution >= 4 is 11.8 Å². The quantitative estimate of drug-likeness (QED) is 0.846. The number of aryl methyl sites for hydroxylation is 2. The minimum Gasteiger partial charge on any atom is -0.490 e. The molecule has 0 aromatic heterocycles. The molecule has 1 fully saturated rings. The van der Waals surface area contributed by atoms with Crippen molar-refractivity contribution in [1.82, 2.24) is 5.32 Å². The highest BCUT2D eigenvalue weighted by Crippen LogP contribution is 2.22. The van der Waals surface area contributed by atoms with Crippen LogP contribution in [0.4, 0.5) is 0 Å². The van der Waals surface area contributed by atoms with E-state index in [9.17, 15) is 5.11 Å². The molecule has 0 saturated carbocycles. The van der Waals surface area contributed by atoms with Crippen molar-refractivity contribution in [3.63, 3.8) is 0 Å². The predicted molar refractivity (Wildman–Crippen MR) is 85.8 cm³/mol. The maximum Gasteiger partial charge on any atom is 0.125 e. The summed E-state index contributed by atoms with van der Waals surface area (Å²) in [6.45, 7) is 5.03. The van der Waals surface area contributed by atoms with Crippen LogP contribution in [0.5, 0.6) is 5.75 Å². The van der Waals surface area contributed by atoms with Crippen molar-refractivity contribution in [2.75, 3.05) is 24.7 Å². The van der Waals surface area contributed by atoms with Crippen LogP contribution in [0.15, 0.2) is 18.2 Å². The Kier molecular flexibility index (Phi) is 6.20. The summed E-state index contributed by atoms with van der Waals surface area (Å²) in [5.74, 6) is 3.36. The van der Waals surface area contributed by atoms with Gasteiger partial charge in [0.05, 0.1) is 0 Å². The molecule has 3 nitrogen and oxygen atoms in total. The van der Waals surface area contributed by atoms with Gasteiger partial charge in [-0.05, 0) is 49.3 Å². The molecule has 1 aromatic rings. The molecule has 2 N–H and O–H groups in total. The highest BCUT2D eigenvalue weighted by molar-refractivity contribution is 7.99. The second kappa shape index (κ2) is 7.91. The van der Waals surface area contributed by atoms with Crippen LogP contribution in [0.2, 0.25) is 0 Å². The van der Waals surface area contributed by atoms with Crippen LogP contribution in [-0.2, 0) is 0 Å². The van der Waals surface area contributed by atoms with Gasteiger partial charge in [0, 0.05) is 12.6 Å². The van der Waals surface area contributed by atoms with Crippen molar-refractivity contribution in [2.45, 2.75) is 38.8 Å². The smallest absolute Gasteiger partial charge is 0.125 e. The maximum absolute atomic E-state index is 10.0. The molecule has 2 rings (SSSR count). The molecular weight excluding hydrogens is 270 g/mol. The van der Waals surface area contributed by atoms with Crippen LogP contribution in [-0.4, -0.2) is 41.9 Å². The molecule has 0 spiro atoms. The summed E-state index contributed by atoms with van der Waals surface area (Å²) in [6.07, 6.45) is 1.95. The number of rotatable bonds is 6. The first-order valence-electron chi connectivity index (χ1n) is 7.35. The molecule has 1 aliphatic rings. The molecule has 20 heavy (non-hydrogen) atoms. The average molecular weight is 295 g/mol. The van der Waals surface area contributed by atoms with Gasteiger partial charge in [0.25, 0.3) is 0 Å². The summed E-state index contributed by atoms with van der Waals surface area (Å²) in [6, 6.07) is 6.65. The van der Waals surface area contributed by atoms with E-state index in [1.165, 1.54) is 24.3 Å². The predicted octanol–water partition coefficient (Wildman–Crippen LogP) is 2.53. The number of benzene rings is 1. The topological polar surface area (TPSA) is 41.5 Å². The van der Waals surface area contributed by atoms with Gasteiger partial charge in [-0.15, -0.1) is 0 Å². The summed E-state index contributed by atoms with van der Waals surface area (Å²) >= 11 is 2.02. The Bertz CT molecular complexity index is 399. The number of aliphatic hydroxyl groups excluding tert-OH is 1. The lowest BCUT2D eigenvalue weighted by molar-refractivity contribution is 0.102. The fourth-order valence-corrected chi connectivity index (χ4v) is 3.58. The van der Waals surface area contributed by atoms with Crippen LogP contribution in [0.25, 0.3) is 0 Å².